The van der Waals surface area contributed by atoms with Crippen LogP contribution in [0.15, 0.2) is 48.5 Å². The third kappa shape index (κ3) is 4.10. The van der Waals surface area contributed by atoms with Crippen molar-refractivity contribution in [1.82, 2.24) is 5.06 Å². The van der Waals surface area contributed by atoms with Gasteiger partial charge in [-0.1, -0.05) is 42.5 Å². The van der Waals surface area contributed by atoms with Crippen molar-refractivity contribution in [2.24, 2.45) is 0 Å². The van der Waals surface area contributed by atoms with Crippen molar-refractivity contribution in [2.45, 2.75) is 45.1 Å². The van der Waals surface area contributed by atoms with Crippen molar-refractivity contribution >= 4 is 29.4 Å². The van der Waals surface area contributed by atoms with Gasteiger partial charge in [0, 0.05) is 24.9 Å². The zero-order valence-electron chi connectivity index (χ0n) is 16.5. The number of fused-ring (bicyclic) bond motifs is 2. The molecular weight excluding hydrogens is 384 g/mol. The van der Waals surface area contributed by atoms with Crippen molar-refractivity contribution in [1.29, 1.82) is 0 Å². The summed E-state index contributed by atoms with van der Waals surface area (Å²) in [5, 5.41) is 0.508. The molecule has 0 bridgehead atoms. The van der Waals surface area contributed by atoms with Crippen LogP contribution >= 0.6 is 0 Å². The average Bonchev–Trinajstić information content (AvgIpc) is 3.05. The number of aryl methyl sites for hydroxylation is 2. The highest BCUT2D eigenvalue weighted by Gasteiger charge is 2.33. The lowest BCUT2D eigenvalue weighted by Crippen LogP contribution is -2.34. The summed E-state index contributed by atoms with van der Waals surface area (Å²) in [5.74, 6) is -2.05. The Hall–Kier alpha value is -3.48. The molecule has 2 heterocycles. The maximum Gasteiger partial charge on any atom is 0.333 e. The van der Waals surface area contributed by atoms with Gasteiger partial charge in [0.15, 0.2) is 0 Å². The zero-order chi connectivity index (χ0) is 21.1. The van der Waals surface area contributed by atoms with Gasteiger partial charge in [-0.15, -0.1) is 5.06 Å². The van der Waals surface area contributed by atoms with Gasteiger partial charge in [-0.3, -0.25) is 14.4 Å². The molecule has 154 valence electrons. The number of anilines is 1. The summed E-state index contributed by atoms with van der Waals surface area (Å²) in [7, 11) is 0. The Bertz CT molecular complexity index is 1000. The van der Waals surface area contributed by atoms with Crippen molar-refractivity contribution in [3.05, 3.63) is 65.2 Å². The molecule has 2 aliphatic heterocycles. The Morgan fingerprint density at radius 3 is 2.10 bits per heavy atom. The highest BCUT2D eigenvalue weighted by molar-refractivity contribution is 6.02. The Kier molecular flexibility index (Phi) is 5.61. The van der Waals surface area contributed by atoms with E-state index < -0.39 is 17.8 Å². The van der Waals surface area contributed by atoms with Gasteiger partial charge in [-0.2, -0.15) is 0 Å². The van der Waals surface area contributed by atoms with E-state index in [9.17, 15) is 19.2 Å². The Balaban J connectivity index is 1.48. The average molecular weight is 406 g/mol. The zero-order valence-corrected chi connectivity index (χ0v) is 16.5. The number of carbonyl (C=O) groups excluding carboxylic acids is 4. The molecule has 4 rings (SSSR count). The SMILES string of the molecule is O=C(CCC(=O)N1Cc2ccccc2CCc2ccccc21)ON1C(=O)CCC1=O. The molecule has 0 radical (unpaired) electrons. The number of hydroxylamine groups is 2. The van der Waals surface area contributed by atoms with Gasteiger partial charge in [0.1, 0.15) is 0 Å². The van der Waals surface area contributed by atoms with Crippen LogP contribution in [0.1, 0.15) is 42.4 Å². The quantitative estimate of drug-likeness (QED) is 0.729. The molecule has 7 nitrogen and oxygen atoms in total. The monoisotopic (exact) mass is 406 g/mol. The van der Waals surface area contributed by atoms with E-state index >= 15 is 0 Å². The Morgan fingerprint density at radius 1 is 0.767 bits per heavy atom. The minimum Gasteiger partial charge on any atom is -0.330 e. The van der Waals surface area contributed by atoms with Gasteiger partial charge < -0.3 is 9.74 Å². The number of nitrogens with zero attached hydrogens (tertiary/aromatic N) is 2. The number of rotatable bonds is 4. The number of hydrogen-bond donors (Lipinski definition) is 0. The predicted octanol–water partition coefficient (Wildman–Crippen LogP) is 2.71. The van der Waals surface area contributed by atoms with E-state index in [0.717, 1.165) is 29.7 Å². The van der Waals surface area contributed by atoms with Gasteiger partial charge in [0.05, 0.1) is 13.0 Å². The van der Waals surface area contributed by atoms with Crippen LogP contribution in [-0.4, -0.2) is 28.8 Å². The highest BCUT2D eigenvalue weighted by atomic mass is 16.7. The molecule has 1 saturated heterocycles. The third-order valence-corrected chi connectivity index (χ3v) is 5.44. The van der Waals surface area contributed by atoms with Crippen LogP contribution in [0.2, 0.25) is 0 Å². The number of hydrogen-bond acceptors (Lipinski definition) is 5. The fourth-order valence-corrected chi connectivity index (χ4v) is 3.84. The molecule has 2 aromatic carbocycles. The van der Waals surface area contributed by atoms with E-state index in [1.807, 2.05) is 42.5 Å². The van der Waals surface area contributed by atoms with E-state index in [-0.39, 0.29) is 31.6 Å². The van der Waals surface area contributed by atoms with Crippen molar-refractivity contribution in [2.75, 3.05) is 4.90 Å². The molecule has 0 spiro atoms. The highest BCUT2D eigenvalue weighted by Crippen LogP contribution is 2.29. The van der Waals surface area contributed by atoms with Gasteiger partial charge in [0.25, 0.3) is 11.8 Å². The molecule has 1 fully saturated rings. The lowest BCUT2D eigenvalue weighted by molar-refractivity contribution is -0.197. The summed E-state index contributed by atoms with van der Waals surface area (Å²) >= 11 is 0. The molecule has 2 aliphatic rings. The lowest BCUT2D eigenvalue weighted by atomic mass is 9.95. The summed E-state index contributed by atoms with van der Waals surface area (Å²) in [4.78, 5) is 54.9. The molecule has 7 heteroatoms. The van der Waals surface area contributed by atoms with Crippen molar-refractivity contribution < 1.29 is 24.0 Å². The Morgan fingerprint density at radius 2 is 1.37 bits per heavy atom. The third-order valence-electron chi connectivity index (χ3n) is 5.44. The van der Waals surface area contributed by atoms with Gasteiger partial charge in [0.2, 0.25) is 5.91 Å². The van der Waals surface area contributed by atoms with Crippen molar-refractivity contribution in [3.63, 3.8) is 0 Å². The van der Waals surface area contributed by atoms with Crippen LogP contribution in [0.4, 0.5) is 5.69 Å². The molecule has 2 aromatic rings. The van der Waals surface area contributed by atoms with E-state index in [0.29, 0.717) is 11.6 Å². The first-order valence-corrected chi connectivity index (χ1v) is 10.0. The van der Waals surface area contributed by atoms with Crippen LogP contribution in [0.3, 0.4) is 0 Å². The molecule has 0 aliphatic carbocycles. The second-order valence-electron chi connectivity index (χ2n) is 7.42. The standard InChI is InChI=1S/C23H22N2O5/c26-20(13-14-23(29)30-25-21(27)11-12-22(25)28)24-15-18-7-2-1-5-16(18)9-10-17-6-3-4-8-19(17)24/h1-8H,9-15H2. The number of para-hydroxylation sites is 1. The lowest BCUT2D eigenvalue weighted by Gasteiger charge is -2.28. The fraction of sp³-hybridized carbons (Fsp3) is 0.304. The first-order chi connectivity index (χ1) is 14.5. The summed E-state index contributed by atoms with van der Waals surface area (Å²) < 4.78 is 0. The molecule has 0 saturated carbocycles. The van der Waals surface area contributed by atoms with E-state index in [4.69, 9.17) is 4.84 Å². The smallest absolute Gasteiger partial charge is 0.330 e. The molecule has 3 amide bonds. The predicted molar refractivity (Wildman–Crippen MR) is 108 cm³/mol. The second-order valence-corrected chi connectivity index (χ2v) is 7.42. The van der Waals surface area contributed by atoms with Gasteiger partial charge in [-0.05, 0) is 35.6 Å². The minimum atomic E-state index is -0.771. The number of carbonyl (C=O) groups is 4. The van der Waals surface area contributed by atoms with Gasteiger partial charge in [-0.25, -0.2) is 4.79 Å². The summed E-state index contributed by atoms with van der Waals surface area (Å²) in [5.41, 5.74) is 4.21. The number of benzene rings is 2. The maximum absolute atomic E-state index is 13.1. The van der Waals surface area contributed by atoms with Crippen LogP contribution in [0.25, 0.3) is 0 Å². The Labute approximate surface area is 174 Å². The molecular formula is C23H22N2O5. The maximum atomic E-state index is 13.1. The van der Waals surface area contributed by atoms with Crippen LogP contribution < -0.4 is 4.90 Å². The normalized spacial score (nSPS) is 15.9. The van der Waals surface area contributed by atoms with E-state index in [2.05, 4.69) is 6.07 Å². The molecule has 30 heavy (non-hydrogen) atoms. The summed E-state index contributed by atoms with van der Waals surface area (Å²) in [6, 6.07) is 15.8. The van der Waals surface area contributed by atoms with Crippen LogP contribution in [-0.2, 0) is 43.4 Å². The van der Waals surface area contributed by atoms with E-state index in [1.54, 1.807) is 4.90 Å². The largest absolute Gasteiger partial charge is 0.333 e. The number of imide groups is 1. The molecule has 0 atom stereocenters. The number of amides is 3. The topological polar surface area (TPSA) is 84.0 Å². The first kappa shape index (κ1) is 19.8. The summed E-state index contributed by atoms with van der Waals surface area (Å²) in [6.07, 6.45) is 1.50. The molecule has 0 N–H and O–H groups in total. The second kappa shape index (κ2) is 8.49. The molecule has 0 unspecified atom stereocenters. The van der Waals surface area contributed by atoms with E-state index in [1.165, 1.54) is 5.56 Å². The first-order valence-electron chi connectivity index (χ1n) is 10.0. The van der Waals surface area contributed by atoms with Gasteiger partial charge >= 0.3 is 5.97 Å². The fourth-order valence-electron chi connectivity index (χ4n) is 3.84. The van der Waals surface area contributed by atoms with Crippen LogP contribution in [0.5, 0.6) is 0 Å². The summed E-state index contributed by atoms with van der Waals surface area (Å²) in [6.45, 7) is 0.421. The van der Waals surface area contributed by atoms with Crippen LogP contribution in [0, 0.1) is 0 Å². The van der Waals surface area contributed by atoms with Crippen molar-refractivity contribution in [3.8, 4) is 0 Å². The molecule has 0 aromatic heterocycles. The minimum absolute atomic E-state index is 0.0367.